The summed E-state index contributed by atoms with van der Waals surface area (Å²) in [5.41, 5.74) is 0. The maximum Gasteiger partial charge on any atom is 1.00 e. The number of carboxylic acids is 1. The van der Waals surface area contributed by atoms with Crippen molar-refractivity contribution in [1.82, 2.24) is 0 Å². The SMILES string of the molecule is CCCCCCCCCCC(CC(=O)CC(CCCCCC(C)=O)C(=O)OCC)C(=O)[O-].[K+]. The van der Waals surface area contributed by atoms with Crippen LogP contribution in [0.2, 0.25) is 0 Å². The molecular weight excluding hydrogens is 447 g/mol. The van der Waals surface area contributed by atoms with Crippen molar-refractivity contribution in [2.24, 2.45) is 11.8 Å². The number of carbonyl (C=O) groups is 4. The summed E-state index contributed by atoms with van der Waals surface area (Å²) in [7, 11) is 0. The van der Waals surface area contributed by atoms with Crippen molar-refractivity contribution in [2.75, 3.05) is 6.61 Å². The Balaban J connectivity index is 0. The van der Waals surface area contributed by atoms with Crippen molar-refractivity contribution >= 4 is 23.5 Å². The maximum atomic E-state index is 12.5. The van der Waals surface area contributed by atoms with Gasteiger partial charge in [0.2, 0.25) is 0 Å². The topological polar surface area (TPSA) is 101 Å². The van der Waals surface area contributed by atoms with E-state index in [0.717, 1.165) is 38.5 Å². The number of hydrogen-bond acceptors (Lipinski definition) is 6. The second-order valence-corrected chi connectivity index (χ2v) is 8.98. The number of esters is 1. The Kier molecular flexibility index (Phi) is 25.1. The van der Waals surface area contributed by atoms with Gasteiger partial charge in [0, 0.05) is 31.1 Å². The van der Waals surface area contributed by atoms with E-state index in [2.05, 4.69) is 6.92 Å². The molecule has 0 aliphatic carbocycles. The minimum absolute atomic E-state index is 0. The first-order chi connectivity index (χ1) is 15.3. The molecule has 0 aliphatic rings. The fraction of sp³-hybridized carbons (Fsp3) is 0.846. The Bertz CT molecular complexity index is 549. The van der Waals surface area contributed by atoms with Crippen LogP contribution in [0.1, 0.15) is 124 Å². The van der Waals surface area contributed by atoms with Crippen LogP contribution in [0.15, 0.2) is 0 Å². The first-order valence-corrected chi connectivity index (χ1v) is 12.7. The first-order valence-electron chi connectivity index (χ1n) is 12.7. The molecule has 0 saturated heterocycles. The number of aliphatic carboxylic acids is 1. The summed E-state index contributed by atoms with van der Waals surface area (Å²) in [6.45, 7) is 5.71. The summed E-state index contributed by atoms with van der Waals surface area (Å²) in [4.78, 5) is 47.3. The van der Waals surface area contributed by atoms with E-state index in [9.17, 15) is 24.3 Å². The van der Waals surface area contributed by atoms with Crippen LogP contribution < -0.4 is 56.5 Å². The zero-order chi connectivity index (χ0) is 24.2. The van der Waals surface area contributed by atoms with Gasteiger partial charge in [-0.15, -0.1) is 0 Å². The van der Waals surface area contributed by atoms with E-state index in [4.69, 9.17) is 4.74 Å². The molecule has 0 aliphatic heterocycles. The predicted octanol–water partition coefficient (Wildman–Crippen LogP) is 1.96. The van der Waals surface area contributed by atoms with E-state index in [1.165, 1.54) is 32.1 Å². The van der Waals surface area contributed by atoms with Gasteiger partial charge < -0.3 is 19.4 Å². The summed E-state index contributed by atoms with van der Waals surface area (Å²) in [5, 5.41) is 11.5. The molecule has 0 radical (unpaired) electrons. The standard InChI is InChI=1S/C26H46O6.K/c1-4-6-7-8-9-10-11-14-17-22(25(29)30)19-24(28)20-23(26(31)32-5-2)18-15-12-13-16-21(3)27;/h22-23H,4-20H2,1-3H3,(H,29,30);/q;+1/p-1. The average Bonchev–Trinajstić information content (AvgIpc) is 2.73. The van der Waals surface area contributed by atoms with Gasteiger partial charge in [-0.05, 0) is 33.1 Å². The second kappa shape index (κ2) is 23.6. The zero-order valence-corrected chi connectivity index (χ0v) is 24.7. The Morgan fingerprint density at radius 2 is 1.21 bits per heavy atom. The molecule has 0 aromatic rings. The molecule has 6 nitrogen and oxygen atoms in total. The Morgan fingerprint density at radius 1 is 0.727 bits per heavy atom. The van der Waals surface area contributed by atoms with Crippen molar-refractivity contribution in [1.29, 1.82) is 0 Å². The molecule has 186 valence electrons. The molecule has 0 aromatic heterocycles. The Hall–Kier alpha value is -0.0836. The number of carbonyl (C=O) groups excluding carboxylic acids is 4. The molecular formula is C26H45KO6. The predicted molar refractivity (Wildman–Crippen MR) is 124 cm³/mol. The number of Topliss-reactive ketones (excluding diaryl/α,β-unsaturated/α-hetero) is 2. The number of carboxylic acid groups (broad SMARTS) is 1. The average molecular weight is 493 g/mol. The van der Waals surface area contributed by atoms with Crippen LogP contribution in [0.5, 0.6) is 0 Å². The molecule has 0 heterocycles. The van der Waals surface area contributed by atoms with E-state index >= 15 is 0 Å². The summed E-state index contributed by atoms with van der Waals surface area (Å²) < 4.78 is 5.11. The van der Waals surface area contributed by atoms with Gasteiger partial charge in [-0.2, -0.15) is 0 Å². The Labute approximate surface area is 243 Å². The fourth-order valence-electron chi connectivity index (χ4n) is 3.97. The molecule has 33 heavy (non-hydrogen) atoms. The normalized spacial score (nSPS) is 12.5. The third-order valence-corrected chi connectivity index (χ3v) is 5.89. The van der Waals surface area contributed by atoms with Crippen molar-refractivity contribution in [3.63, 3.8) is 0 Å². The number of ether oxygens (including phenoxy) is 1. The van der Waals surface area contributed by atoms with Crippen molar-refractivity contribution in [2.45, 2.75) is 124 Å². The first kappa shape index (κ1) is 35.1. The van der Waals surface area contributed by atoms with Gasteiger partial charge >= 0.3 is 57.4 Å². The van der Waals surface area contributed by atoms with Crippen LogP contribution in [0.3, 0.4) is 0 Å². The summed E-state index contributed by atoms with van der Waals surface area (Å²) >= 11 is 0. The largest absolute Gasteiger partial charge is 1.00 e. The van der Waals surface area contributed by atoms with Gasteiger partial charge in [-0.25, -0.2) is 0 Å². The molecule has 0 rings (SSSR count). The second-order valence-electron chi connectivity index (χ2n) is 8.98. The van der Waals surface area contributed by atoms with E-state index in [1.807, 2.05) is 0 Å². The van der Waals surface area contributed by atoms with E-state index in [-0.39, 0.29) is 82.4 Å². The summed E-state index contributed by atoms with van der Waals surface area (Å²) in [6, 6.07) is 0. The molecule has 2 atom stereocenters. The van der Waals surface area contributed by atoms with Gasteiger partial charge in [0.1, 0.15) is 11.6 Å². The van der Waals surface area contributed by atoms with Gasteiger partial charge in [-0.1, -0.05) is 71.1 Å². The molecule has 7 heteroatoms. The molecule has 0 bridgehead atoms. The van der Waals surface area contributed by atoms with E-state index in [0.29, 0.717) is 19.3 Å². The monoisotopic (exact) mass is 492 g/mol. The summed E-state index contributed by atoms with van der Waals surface area (Å²) in [5.74, 6) is -3.00. The number of unbranched alkanes of at least 4 members (excludes halogenated alkanes) is 9. The van der Waals surface area contributed by atoms with Gasteiger partial charge in [0.15, 0.2) is 0 Å². The quantitative estimate of drug-likeness (QED) is 0.130. The molecule has 0 amide bonds. The minimum Gasteiger partial charge on any atom is -0.550 e. The third kappa shape index (κ3) is 21.0. The molecule has 0 spiro atoms. The smallest absolute Gasteiger partial charge is 0.550 e. The van der Waals surface area contributed by atoms with Crippen LogP contribution in [-0.4, -0.2) is 30.1 Å². The van der Waals surface area contributed by atoms with Crippen molar-refractivity contribution in [3.8, 4) is 0 Å². The van der Waals surface area contributed by atoms with Gasteiger partial charge in [-0.3, -0.25) is 9.59 Å². The van der Waals surface area contributed by atoms with Crippen LogP contribution in [0, 0.1) is 11.8 Å². The van der Waals surface area contributed by atoms with Gasteiger partial charge in [0.25, 0.3) is 0 Å². The number of ketones is 2. The maximum absolute atomic E-state index is 12.5. The number of hydrogen-bond donors (Lipinski definition) is 0. The molecule has 0 N–H and O–H groups in total. The minimum atomic E-state index is -1.18. The molecule has 0 saturated carbocycles. The van der Waals surface area contributed by atoms with Crippen LogP contribution in [0.25, 0.3) is 0 Å². The van der Waals surface area contributed by atoms with E-state index in [1.54, 1.807) is 13.8 Å². The zero-order valence-electron chi connectivity index (χ0n) is 21.6. The van der Waals surface area contributed by atoms with Crippen molar-refractivity contribution < 1.29 is 80.4 Å². The fourth-order valence-corrected chi connectivity index (χ4v) is 3.97. The van der Waals surface area contributed by atoms with Crippen LogP contribution in [-0.2, 0) is 23.9 Å². The van der Waals surface area contributed by atoms with Crippen LogP contribution >= 0.6 is 0 Å². The molecule has 0 aromatic carbocycles. The molecule has 0 fully saturated rings. The molecule has 2 unspecified atom stereocenters. The van der Waals surface area contributed by atoms with Crippen LogP contribution in [0.4, 0.5) is 0 Å². The summed E-state index contributed by atoms with van der Waals surface area (Å²) in [6.07, 6.45) is 12.7. The third-order valence-electron chi connectivity index (χ3n) is 5.89. The van der Waals surface area contributed by atoms with Gasteiger partial charge in [0.05, 0.1) is 12.5 Å². The van der Waals surface area contributed by atoms with E-state index < -0.39 is 23.8 Å². The Morgan fingerprint density at radius 3 is 1.73 bits per heavy atom. The number of rotatable bonds is 22. The van der Waals surface area contributed by atoms with Crippen molar-refractivity contribution in [3.05, 3.63) is 0 Å².